The number of nitrogens with zero attached hydrogens (tertiary/aromatic N) is 2. The topological polar surface area (TPSA) is 71.8 Å². The number of fused-ring (bicyclic) bond motifs is 1. The summed E-state index contributed by atoms with van der Waals surface area (Å²) in [5.41, 5.74) is 3.26. The molecule has 0 radical (unpaired) electrons. The van der Waals surface area contributed by atoms with Crippen molar-refractivity contribution < 1.29 is 19.4 Å². The summed E-state index contributed by atoms with van der Waals surface area (Å²) in [7, 11) is 3.52. The Labute approximate surface area is 226 Å². The fourth-order valence-electron chi connectivity index (χ4n) is 5.18. The van der Waals surface area contributed by atoms with Gasteiger partial charge >= 0.3 is 0 Å². The summed E-state index contributed by atoms with van der Waals surface area (Å²) < 4.78 is 7.51. The second-order valence-corrected chi connectivity index (χ2v) is 11.0. The van der Waals surface area contributed by atoms with Crippen molar-refractivity contribution in [1.82, 2.24) is 4.57 Å². The molecule has 1 amide bonds. The molecule has 1 atom stereocenters. The van der Waals surface area contributed by atoms with E-state index in [0.29, 0.717) is 22.0 Å². The van der Waals surface area contributed by atoms with Gasteiger partial charge in [0.1, 0.15) is 11.5 Å². The van der Waals surface area contributed by atoms with Gasteiger partial charge in [-0.3, -0.25) is 14.5 Å². The number of anilines is 1. The van der Waals surface area contributed by atoms with Crippen LogP contribution in [-0.2, 0) is 22.1 Å². The maximum Gasteiger partial charge on any atom is 0.300 e. The second-order valence-electron chi connectivity index (χ2n) is 10.5. The van der Waals surface area contributed by atoms with Crippen LogP contribution in [0, 0.1) is 0 Å². The number of aliphatic hydroxyl groups excluding tert-OH is 1. The molecule has 0 aliphatic carbocycles. The highest BCUT2D eigenvalue weighted by molar-refractivity contribution is 6.52. The number of halogens is 1. The summed E-state index contributed by atoms with van der Waals surface area (Å²) in [5.74, 6) is -1.01. The highest BCUT2D eigenvalue weighted by Gasteiger charge is 2.48. The van der Waals surface area contributed by atoms with Crippen LogP contribution < -0.4 is 9.64 Å². The number of benzene rings is 3. The standard InChI is InChI=1S/C31H29ClN2O4/c1-31(2,3)23-16-18(10-15-25(23)38-5)28(35)26-27(22-17-33(4)24-9-7-6-8-21(22)24)34(30(37)29(26)36)20-13-11-19(32)12-14-20/h6-17,27,35H,1-5H3/b28-26+. The zero-order valence-corrected chi connectivity index (χ0v) is 22.7. The smallest absolute Gasteiger partial charge is 0.300 e. The monoisotopic (exact) mass is 528 g/mol. The Morgan fingerprint density at radius 2 is 1.68 bits per heavy atom. The van der Waals surface area contributed by atoms with Crippen LogP contribution in [0.25, 0.3) is 16.7 Å². The minimum absolute atomic E-state index is 0.0336. The fraction of sp³-hybridized carbons (Fsp3) is 0.226. The summed E-state index contributed by atoms with van der Waals surface area (Å²) in [6.45, 7) is 6.14. The number of aryl methyl sites for hydroxylation is 1. The number of aromatic nitrogens is 1. The van der Waals surface area contributed by atoms with Crippen molar-refractivity contribution in [3.63, 3.8) is 0 Å². The van der Waals surface area contributed by atoms with Gasteiger partial charge < -0.3 is 14.4 Å². The van der Waals surface area contributed by atoms with Gasteiger partial charge in [-0.2, -0.15) is 0 Å². The number of rotatable bonds is 4. The molecule has 3 aromatic carbocycles. The van der Waals surface area contributed by atoms with Gasteiger partial charge in [0, 0.05) is 51.5 Å². The lowest BCUT2D eigenvalue weighted by atomic mass is 9.84. The number of hydrogen-bond acceptors (Lipinski definition) is 4. The first-order chi connectivity index (χ1) is 18.0. The van der Waals surface area contributed by atoms with Crippen LogP contribution in [0.1, 0.15) is 43.5 Å². The second kappa shape index (κ2) is 9.37. The first-order valence-corrected chi connectivity index (χ1v) is 12.7. The fourth-order valence-corrected chi connectivity index (χ4v) is 5.31. The van der Waals surface area contributed by atoms with E-state index in [-0.39, 0.29) is 16.7 Å². The predicted molar refractivity (Wildman–Crippen MR) is 151 cm³/mol. The molecular weight excluding hydrogens is 500 g/mol. The number of carbonyl (C=O) groups excluding carboxylic acids is 2. The van der Waals surface area contributed by atoms with Crippen molar-refractivity contribution >= 4 is 45.6 Å². The van der Waals surface area contributed by atoms with Crippen LogP contribution in [0.5, 0.6) is 5.75 Å². The Hall–Kier alpha value is -4.03. The van der Waals surface area contributed by atoms with Crippen LogP contribution in [0.2, 0.25) is 5.02 Å². The Morgan fingerprint density at radius 1 is 1.00 bits per heavy atom. The lowest BCUT2D eigenvalue weighted by Crippen LogP contribution is -2.29. The Morgan fingerprint density at radius 3 is 2.34 bits per heavy atom. The molecular formula is C31H29ClN2O4. The van der Waals surface area contributed by atoms with Gasteiger partial charge in [-0.25, -0.2) is 0 Å². The zero-order chi connectivity index (χ0) is 27.4. The van der Waals surface area contributed by atoms with E-state index in [4.69, 9.17) is 16.3 Å². The van der Waals surface area contributed by atoms with Gasteiger partial charge in [0.05, 0.1) is 18.7 Å². The molecule has 1 aliphatic heterocycles. The maximum atomic E-state index is 13.6. The van der Waals surface area contributed by atoms with Gasteiger partial charge in [-0.1, -0.05) is 50.6 Å². The van der Waals surface area contributed by atoms with E-state index in [1.54, 1.807) is 43.5 Å². The van der Waals surface area contributed by atoms with Gasteiger partial charge in [0.2, 0.25) is 0 Å². The minimum Gasteiger partial charge on any atom is -0.507 e. The number of Topliss-reactive ketones (excluding diaryl/α,β-unsaturated/α-hetero) is 1. The van der Waals surface area contributed by atoms with E-state index in [1.165, 1.54) is 4.90 Å². The van der Waals surface area contributed by atoms with E-state index in [9.17, 15) is 14.7 Å². The van der Waals surface area contributed by atoms with Crippen LogP contribution in [0.4, 0.5) is 5.69 Å². The number of methoxy groups -OCH3 is 1. The number of hydrogen-bond donors (Lipinski definition) is 1. The third-order valence-electron chi connectivity index (χ3n) is 7.05. The van der Waals surface area contributed by atoms with Gasteiger partial charge in [-0.15, -0.1) is 0 Å². The molecule has 194 valence electrons. The number of aliphatic hydroxyl groups is 1. The highest BCUT2D eigenvalue weighted by Crippen LogP contribution is 2.45. The molecule has 1 fully saturated rings. The van der Waals surface area contributed by atoms with Crippen LogP contribution >= 0.6 is 11.6 Å². The van der Waals surface area contributed by atoms with E-state index < -0.39 is 17.7 Å². The van der Waals surface area contributed by atoms with Gasteiger partial charge in [0.15, 0.2) is 0 Å². The van der Waals surface area contributed by atoms with E-state index in [2.05, 4.69) is 0 Å². The van der Waals surface area contributed by atoms with Crippen molar-refractivity contribution in [2.45, 2.75) is 32.2 Å². The number of ketones is 1. The van der Waals surface area contributed by atoms with Crippen LogP contribution in [0.3, 0.4) is 0 Å². The van der Waals surface area contributed by atoms with E-state index in [1.807, 2.05) is 68.9 Å². The Bertz CT molecular complexity index is 1610. The average Bonchev–Trinajstić information content (AvgIpc) is 3.36. The maximum absolute atomic E-state index is 13.6. The molecule has 0 spiro atoms. The molecule has 1 unspecified atom stereocenters. The Balaban J connectivity index is 1.79. The molecule has 0 bridgehead atoms. The summed E-state index contributed by atoms with van der Waals surface area (Å²) in [6.07, 6.45) is 1.91. The molecule has 4 aromatic rings. The molecule has 1 saturated heterocycles. The van der Waals surface area contributed by atoms with Crippen LogP contribution in [0.15, 0.2) is 78.5 Å². The van der Waals surface area contributed by atoms with Crippen molar-refractivity contribution in [2.75, 3.05) is 12.0 Å². The minimum atomic E-state index is -0.845. The summed E-state index contributed by atoms with van der Waals surface area (Å²) in [4.78, 5) is 28.6. The molecule has 2 heterocycles. The first kappa shape index (κ1) is 25.6. The third kappa shape index (κ3) is 4.15. The van der Waals surface area contributed by atoms with Crippen molar-refractivity contribution in [1.29, 1.82) is 0 Å². The van der Waals surface area contributed by atoms with Crippen molar-refractivity contribution in [3.05, 3.63) is 100 Å². The van der Waals surface area contributed by atoms with Crippen LogP contribution in [-0.4, -0.2) is 28.5 Å². The number of amides is 1. The lowest BCUT2D eigenvalue weighted by molar-refractivity contribution is -0.132. The Kier molecular flexibility index (Phi) is 6.32. The molecule has 6 nitrogen and oxygen atoms in total. The quantitative estimate of drug-likeness (QED) is 0.180. The molecule has 1 N–H and O–H groups in total. The largest absolute Gasteiger partial charge is 0.507 e. The predicted octanol–water partition coefficient (Wildman–Crippen LogP) is 6.76. The van der Waals surface area contributed by atoms with Gasteiger partial charge in [0.25, 0.3) is 11.7 Å². The third-order valence-corrected chi connectivity index (χ3v) is 7.30. The number of para-hydroxylation sites is 1. The summed E-state index contributed by atoms with van der Waals surface area (Å²) in [5, 5.41) is 13.1. The van der Waals surface area contributed by atoms with Crippen molar-refractivity contribution in [3.8, 4) is 5.75 Å². The molecule has 5 rings (SSSR count). The average molecular weight is 529 g/mol. The summed E-state index contributed by atoms with van der Waals surface area (Å²) in [6, 6.07) is 19.0. The molecule has 7 heteroatoms. The SMILES string of the molecule is COc1ccc(/C(O)=C2\C(=O)C(=O)N(c3ccc(Cl)cc3)C2c2cn(C)c3ccccc23)cc1C(C)(C)C. The number of ether oxygens (including phenoxy) is 1. The zero-order valence-electron chi connectivity index (χ0n) is 21.9. The van der Waals surface area contributed by atoms with E-state index >= 15 is 0 Å². The molecule has 1 aliphatic rings. The molecule has 0 saturated carbocycles. The van der Waals surface area contributed by atoms with E-state index in [0.717, 1.165) is 22.0 Å². The number of carbonyl (C=O) groups is 2. The first-order valence-electron chi connectivity index (χ1n) is 12.3. The van der Waals surface area contributed by atoms with Gasteiger partial charge in [-0.05, 0) is 53.9 Å². The summed E-state index contributed by atoms with van der Waals surface area (Å²) >= 11 is 6.12. The normalized spacial score (nSPS) is 17.4. The molecule has 1 aromatic heterocycles. The van der Waals surface area contributed by atoms with Crippen molar-refractivity contribution in [2.24, 2.45) is 7.05 Å². The molecule has 38 heavy (non-hydrogen) atoms. The lowest BCUT2D eigenvalue weighted by Gasteiger charge is -2.25. The highest BCUT2D eigenvalue weighted by atomic mass is 35.5.